The quantitative estimate of drug-likeness (QED) is 0.252. The van der Waals surface area contributed by atoms with Gasteiger partial charge in [-0.1, -0.05) is 40.9 Å². The Morgan fingerprint density at radius 1 is 1.12 bits per heavy atom. The molecule has 0 bridgehead atoms. The van der Waals surface area contributed by atoms with Gasteiger partial charge in [-0.15, -0.1) is 0 Å². The van der Waals surface area contributed by atoms with Gasteiger partial charge >= 0.3 is 0 Å². The molecule has 6 nitrogen and oxygen atoms in total. The minimum Gasteiger partial charge on any atom is -0.486 e. The fourth-order valence-electron chi connectivity index (χ4n) is 3.00. The first-order chi connectivity index (χ1) is 15.8. The normalized spacial score (nSPS) is 10.9. The van der Waals surface area contributed by atoms with Gasteiger partial charge in [-0.3, -0.25) is 9.48 Å². The van der Waals surface area contributed by atoms with E-state index in [1.54, 1.807) is 47.3 Å². The number of carbonyl (C=O) groups is 1. The summed E-state index contributed by atoms with van der Waals surface area (Å²) < 4.78 is 13.6. The zero-order chi connectivity index (χ0) is 23.5. The maximum absolute atomic E-state index is 12.6. The lowest BCUT2D eigenvalue weighted by molar-refractivity contribution is 0.0992. The average molecular weight is 570 g/mol. The second-order valence-electron chi connectivity index (χ2n) is 7.18. The van der Waals surface area contributed by atoms with Crippen LogP contribution >= 0.6 is 50.7 Å². The van der Waals surface area contributed by atoms with Crippen LogP contribution in [-0.2, 0) is 13.2 Å². The summed E-state index contributed by atoms with van der Waals surface area (Å²) in [6, 6.07) is 13.9. The number of hydrogen-bond acceptors (Lipinski definition) is 4. The molecule has 1 amide bonds. The maximum atomic E-state index is 12.6. The van der Waals surface area contributed by atoms with Crippen LogP contribution in [0.4, 0.5) is 5.82 Å². The first kappa shape index (κ1) is 23.7. The van der Waals surface area contributed by atoms with Crippen molar-refractivity contribution >= 4 is 62.5 Å². The van der Waals surface area contributed by atoms with Crippen molar-refractivity contribution in [3.05, 3.63) is 96.9 Å². The number of anilines is 1. The van der Waals surface area contributed by atoms with Gasteiger partial charge in [-0.2, -0.15) is 5.10 Å². The first-order valence-corrected chi connectivity index (χ1v) is 11.7. The Hall–Kier alpha value is -2.45. The molecule has 0 aliphatic rings. The van der Waals surface area contributed by atoms with Crippen LogP contribution in [0.25, 0.3) is 0 Å². The van der Waals surface area contributed by atoms with Gasteiger partial charge in [-0.25, -0.2) is 0 Å². The zero-order valence-corrected chi connectivity index (χ0v) is 21.1. The maximum Gasteiger partial charge on any atom is 0.292 e. The van der Waals surface area contributed by atoms with Crippen molar-refractivity contribution in [1.82, 2.24) is 9.78 Å². The van der Waals surface area contributed by atoms with Crippen molar-refractivity contribution in [2.45, 2.75) is 20.1 Å². The molecule has 2 aromatic heterocycles. The molecule has 0 aliphatic carbocycles. The van der Waals surface area contributed by atoms with Gasteiger partial charge in [0.15, 0.2) is 11.6 Å². The molecule has 0 atom stereocenters. The predicted octanol–water partition coefficient (Wildman–Crippen LogP) is 7.39. The fourth-order valence-corrected chi connectivity index (χ4v) is 4.00. The zero-order valence-electron chi connectivity index (χ0n) is 17.2. The monoisotopic (exact) mass is 567 g/mol. The summed E-state index contributed by atoms with van der Waals surface area (Å²) in [4.78, 5) is 12.6. The molecule has 0 spiro atoms. The standard InChI is InChI=1S/C23H17BrCl3N3O3/c1-13-8-16(4-6-19(13)26)32-12-17-5-7-21(33-17)23(31)28-22-18(24)11-30(29-22)10-14-2-3-15(25)9-20(14)27/h2-9,11H,10,12H2,1H3,(H,28,29,31). The van der Waals surface area contributed by atoms with Crippen LogP contribution in [0.2, 0.25) is 15.1 Å². The highest BCUT2D eigenvalue weighted by molar-refractivity contribution is 9.10. The van der Waals surface area contributed by atoms with E-state index in [1.807, 2.05) is 19.1 Å². The summed E-state index contributed by atoms with van der Waals surface area (Å²) in [5, 5.41) is 8.91. The third-order valence-corrected chi connectivity index (χ3v) is 6.28. The predicted molar refractivity (Wildman–Crippen MR) is 133 cm³/mol. The van der Waals surface area contributed by atoms with E-state index in [9.17, 15) is 4.79 Å². The van der Waals surface area contributed by atoms with Gasteiger partial charge in [0.05, 0.1) is 11.0 Å². The molecule has 170 valence electrons. The number of aryl methyl sites for hydroxylation is 1. The van der Waals surface area contributed by atoms with Gasteiger partial charge in [0.2, 0.25) is 0 Å². The Labute approximate surface area is 213 Å². The number of benzene rings is 2. The molecular weight excluding hydrogens is 553 g/mol. The molecule has 0 unspecified atom stereocenters. The Balaban J connectivity index is 1.38. The van der Waals surface area contributed by atoms with Gasteiger partial charge in [0.1, 0.15) is 18.1 Å². The van der Waals surface area contributed by atoms with E-state index in [4.69, 9.17) is 44.0 Å². The van der Waals surface area contributed by atoms with Crippen LogP contribution < -0.4 is 10.1 Å². The highest BCUT2D eigenvalue weighted by Crippen LogP contribution is 2.26. The number of rotatable bonds is 7. The second-order valence-corrected chi connectivity index (χ2v) is 9.28. The third kappa shape index (κ3) is 5.92. The topological polar surface area (TPSA) is 69.3 Å². The first-order valence-electron chi connectivity index (χ1n) is 9.74. The second kappa shape index (κ2) is 10.2. The summed E-state index contributed by atoms with van der Waals surface area (Å²) in [6.07, 6.45) is 1.75. The van der Waals surface area contributed by atoms with Crippen LogP contribution in [0.5, 0.6) is 5.75 Å². The highest BCUT2D eigenvalue weighted by atomic mass is 79.9. The Kier molecular flexibility index (Phi) is 7.34. The van der Waals surface area contributed by atoms with Crippen LogP contribution in [-0.4, -0.2) is 15.7 Å². The fraction of sp³-hybridized carbons (Fsp3) is 0.130. The van der Waals surface area contributed by atoms with E-state index in [1.165, 1.54) is 0 Å². The van der Waals surface area contributed by atoms with E-state index >= 15 is 0 Å². The summed E-state index contributed by atoms with van der Waals surface area (Å²) in [5.41, 5.74) is 1.76. The van der Waals surface area contributed by atoms with Gasteiger partial charge in [0.25, 0.3) is 5.91 Å². The van der Waals surface area contributed by atoms with Crippen LogP contribution in [0, 0.1) is 6.92 Å². The van der Waals surface area contributed by atoms with Gasteiger partial charge < -0.3 is 14.5 Å². The van der Waals surface area contributed by atoms with E-state index in [-0.39, 0.29) is 12.4 Å². The lowest BCUT2D eigenvalue weighted by atomic mass is 10.2. The van der Waals surface area contributed by atoms with E-state index in [2.05, 4.69) is 26.3 Å². The number of nitrogens with one attached hydrogen (secondary N) is 1. The summed E-state index contributed by atoms with van der Waals surface area (Å²) in [6.45, 7) is 2.49. The Morgan fingerprint density at radius 3 is 2.70 bits per heavy atom. The highest BCUT2D eigenvalue weighted by Gasteiger charge is 2.16. The largest absolute Gasteiger partial charge is 0.486 e. The number of hydrogen-bond donors (Lipinski definition) is 1. The van der Waals surface area contributed by atoms with E-state index < -0.39 is 5.91 Å². The van der Waals surface area contributed by atoms with E-state index in [0.717, 1.165) is 11.1 Å². The number of halogens is 4. The van der Waals surface area contributed by atoms with Crippen molar-refractivity contribution in [3.63, 3.8) is 0 Å². The van der Waals surface area contributed by atoms with E-state index in [0.29, 0.717) is 43.4 Å². The Bertz CT molecular complexity index is 1320. The molecule has 0 aliphatic heterocycles. The molecule has 0 saturated carbocycles. The van der Waals surface area contributed by atoms with Crippen molar-refractivity contribution < 1.29 is 13.9 Å². The minimum absolute atomic E-state index is 0.142. The lowest BCUT2D eigenvalue weighted by Crippen LogP contribution is -2.12. The minimum atomic E-state index is -0.431. The molecule has 0 fully saturated rings. The number of furan rings is 1. The number of ether oxygens (including phenoxy) is 1. The molecule has 10 heteroatoms. The molecule has 4 aromatic rings. The molecule has 33 heavy (non-hydrogen) atoms. The Morgan fingerprint density at radius 2 is 1.94 bits per heavy atom. The number of aromatic nitrogens is 2. The summed E-state index contributed by atoms with van der Waals surface area (Å²) >= 11 is 21.6. The number of nitrogens with zero attached hydrogens (tertiary/aromatic N) is 2. The SMILES string of the molecule is Cc1cc(OCc2ccc(C(=O)Nc3nn(Cc4ccc(Cl)cc4Cl)cc3Br)o2)ccc1Cl. The summed E-state index contributed by atoms with van der Waals surface area (Å²) in [5.74, 6) is 1.24. The molecule has 2 aromatic carbocycles. The lowest BCUT2D eigenvalue weighted by Gasteiger charge is -2.06. The number of carbonyl (C=O) groups excluding carboxylic acids is 1. The van der Waals surface area contributed by atoms with Crippen molar-refractivity contribution in [1.29, 1.82) is 0 Å². The van der Waals surface area contributed by atoms with Gasteiger partial charge in [0, 0.05) is 21.3 Å². The van der Waals surface area contributed by atoms with Crippen molar-refractivity contribution in [2.75, 3.05) is 5.32 Å². The molecule has 0 radical (unpaired) electrons. The third-order valence-electron chi connectivity index (χ3n) is 4.69. The van der Waals surface area contributed by atoms with Crippen molar-refractivity contribution in [3.8, 4) is 5.75 Å². The van der Waals surface area contributed by atoms with Crippen LogP contribution in [0.15, 0.2) is 63.6 Å². The molecule has 0 saturated heterocycles. The van der Waals surface area contributed by atoms with Crippen molar-refractivity contribution in [2.24, 2.45) is 0 Å². The molecule has 1 N–H and O–H groups in total. The smallest absolute Gasteiger partial charge is 0.292 e. The average Bonchev–Trinajstić information content (AvgIpc) is 3.38. The van der Waals surface area contributed by atoms with Crippen LogP contribution in [0.1, 0.15) is 27.4 Å². The summed E-state index contributed by atoms with van der Waals surface area (Å²) in [7, 11) is 0. The van der Waals surface area contributed by atoms with Gasteiger partial charge in [-0.05, 0) is 76.4 Å². The number of amides is 1. The molecule has 4 rings (SSSR count). The van der Waals surface area contributed by atoms with Crippen LogP contribution in [0.3, 0.4) is 0 Å². The molecular formula is C23H17BrCl3N3O3. The molecule has 2 heterocycles.